The van der Waals surface area contributed by atoms with E-state index in [1.165, 1.54) is 18.2 Å². The lowest BCUT2D eigenvalue weighted by molar-refractivity contribution is 0.602. The average Bonchev–Trinajstić information content (AvgIpc) is 2.81. The van der Waals surface area contributed by atoms with E-state index in [-0.39, 0.29) is 10.0 Å². The predicted molar refractivity (Wildman–Crippen MR) is 64.0 cm³/mol. The van der Waals surface area contributed by atoms with Crippen molar-refractivity contribution in [1.82, 2.24) is 4.98 Å². The fourth-order valence-corrected chi connectivity index (χ4v) is 3.26. The summed E-state index contributed by atoms with van der Waals surface area (Å²) in [4.78, 5) is 3.88. The topological polar surface area (TPSA) is 82.8 Å². The van der Waals surface area contributed by atoms with Gasteiger partial charge in [-0.3, -0.25) is 4.72 Å². The van der Waals surface area contributed by atoms with E-state index < -0.39 is 15.8 Å². The quantitative estimate of drug-likeness (QED) is 0.933. The molecule has 0 aliphatic rings. The molecule has 2 heterocycles. The smallest absolute Gasteiger partial charge is 0.263 e. The van der Waals surface area contributed by atoms with Crippen molar-refractivity contribution >= 4 is 27.2 Å². The second-order valence-electron chi connectivity index (χ2n) is 3.20. The number of nitrogens with one attached hydrogen (secondary N) is 1. The minimum absolute atomic E-state index is 0.00479. The largest absolute Gasteiger partial charge is 0.272 e. The normalized spacial score (nSPS) is 10.9. The van der Waals surface area contributed by atoms with E-state index in [0.29, 0.717) is 4.88 Å². The van der Waals surface area contributed by atoms with E-state index in [1.54, 1.807) is 0 Å². The molecule has 0 saturated carbocycles. The summed E-state index contributed by atoms with van der Waals surface area (Å²) in [7, 11) is -3.78. The van der Waals surface area contributed by atoms with Gasteiger partial charge in [-0.25, -0.2) is 17.8 Å². The maximum Gasteiger partial charge on any atom is 0.272 e. The van der Waals surface area contributed by atoms with Crippen LogP contribution >= 0.6 is 11.3 Å². The third-order valence-corrected chi connectivity index (χ3v) is 4.76. The molecule has 0 atom stereocenters. The van der Waals surface area contributed by atoms with Crippen LogP contribution in [0, 0.1) is 17.1 Å². The lowest BCUT2D eigenvalue weighted by Crippen LogP contribution is -2.12. The highest BCUT2D eigenvalue weighted by atomic mass is 32.2. The van der Waals surface area contributed by atoms with E-state index in [2.05, 4.69) is 9.71 Å². The summed E-state index contributed by atoms with van der Waals surface area (Å²) in [6.07, 6.45) is 0.910. The molecule has 0 bridgehead atoms. The van der Waals surface area contributed by atoms with Crippen LogP contribution in [0.15, 0.2) is 34.7 Å². The summed E-state index contributed by atoms with van der Waals surface area (Å²) in [6, 6.07) is 6.91. The molecule has 5 nitrogen and oxygen atoms in total. The lowest BCUT2D eigenvalue weighted by Gasteiger charge is -2.04. The summed E-state index contributed by atoms with van der Waals surface area (Å²) in [5.74, 6) is -0.538. The Labute approximate surface area is 107 Å². The van der Waals surface area contributed by atoms with E-state index in [1.807, 2.05) is 6.07 Å². The van der Waals surface area contributed by atoms with Gasteiger partial charge in [-0.05, 0) is 24.3 Å². The zero-order valence-electron chi connectivity index (χ0n) is 8.79. The Morgan fingerprint density at radius 1 is 1.33 bits per heavy atom. The van der Waals surface area contributed by atoms with Crippen LogP contribution in [0.3, 0.4) is 0 Å². The van der Waals surface area contributed by atoms with Crippen molar-refractivity contribution in [3.05, 3.63) is 41.2 Å². The molecule has 0 aromatic carbocycles. The fraction of sp³-hybridized carbons (Fsp3) is 0. The third-order valence-electron chi connectivity index (χ3n) is 1.92. The maximum absolute atomic E-state index is 12.6. The second-order valence-corrected chi connectivity index (χ2v) is 6.19. The molecule has 0 fully saturated rings. The van der Waals surface area contributed by atoms with Crippen LogP contribution in [-0.2, 0) is 10.0 Å². The van der Waals surface area contributed by atoms with Gasteiger partial charge in [-0.15, -0.1) is 11.3 Å². The zero-order valence-corrected chi connectivity index (χ0v) is 10.4. The maximum atomic E-state index is 12.6. The van der Waals surface area contributed by atoms with Gasteiger partial charge >= 0.3 is 0 Å². The number of hydrogen-bond acceptors (Lipinski definition) is 5. The molecule has 18 heavy (non-hydrogen) atoms. The Morgan fingerprint density at radius 3 is 2.67 bits per heavy atom. The van der Waals surface area contributed by atoms with Crippen LogP contribution in [0.2, 0.25) is 0 Å². The first kappa shape index (κ1) is 12.5. The summed E-state index contributed by atoms with van der Waals surface area (Å²) >= 11 is 0.849. The van der Waals surface area contributed by atoms with Gasteiger partial charge in [0.05, 0.1) is 6.20 Å². The fourth-order valence-electron chi connectivity index (χ4n) is 1.15. The Morgan fingerprint density at radius 2 is 2.11 bits per heavy atom. The number of aromatic nitrogens is 1. The van der Waals surface area contributed by atoms with Crippen molar-refractivity contribution in [3.8, 4) is 6.07 Å². The van der Waals surface area contributed by atoms with Crippen molar-refractivity contribution in [2.45, 2.75) is 4.21 Å². The van der Waals surface area contributed by atoms with Gasteiger partial charge in [0, 0.05) is 0 Å². The van der Waals surface area contributed by atoms with Crippen LogP contribution < -0.4 is 4.72 Å². The number of nitriles is 1. The molecule has 0 aliphatic carbocycles. The van der Waals surface area contributed by atoms with Crippen LogP contribution in [-0.4, -0.2) is 13.4 Å². The molecule has 0 aliphatic heterocycles. The summed E-state index contributed by atoms with van der Waals surface area (Å²) in [5, 5.41) is 8.63. The molecule has 0 spiro atoms. The average molecular weight is 283 g/mol. The molecule has 92 valence electrons. The molecule has 2 rings (SSSR count). The van der Waals surface area contributed by atoms with E-state index in [9.17, 15) is 12.8 Å². The van der Waals surface area contributed by atoms with Crippen LogP contribution in [0.1, 0.15) is 4.88 Å². The monoisotopic (exact) mass is 283 g/mol. The van der Waals surface area contributed by atoms with Gasteiger partial charge in [0.2, 0.25) is 0 Å². The zero-order chi connectivity index (χ0) is 13.2. The highest BCUT2D eigenvalue weighted by Gasteiger charge is 2.17. The van der Waals surface area contributed by atoms with E-state index in [0.717, 1.165) is 23.6 Å². The van der Waals surface area contributed by atoms with Gasteiger partial charge in [0.25, 0.3) is 10.0 Å². The van der Waals surface area contributed by atoms with Crippen molar-refractivity contribution < 1.29 is 12.8 Å². The first-order valence-electron chi connectivity index (χ1n) is 4.65. The number of anilines is 1. The standard InChI is InChI=1S/C10H6FN3O2S2/c11-7-1-3-9(13-6-7)14-18(15,16)10-4-2-8(5-12)17-10/h1-4,6H,(H,13,14). The highest BCUT2D eigenvalue weighted by molar-refractivity contribution is 7.94. The first-order chi connectivity index (χ1) is 8.51. The number of sulfonamides is 1. The molecule has 2 aromatic heterocycles. The molecule has 2 aromatic rings. The van der Waals surface area contributed by atoms with Crippen molar-refractivity contribution in [1.29, 1.82) is 5.26 Å². The molecule has 0 radical (unpaired) electrons. The number of rotatable bonds is 3. The van der Waals surface area contributed by atoms with Gasteiger partial charge in [-0.2, -0.15) is 5.26 Å². The van der Waals surface area contributed by atoms with Gasteiger partial charge in [0.1, 0.15) is 26.8 Å². The number of halogens is 1. The summed E-state index contributed by atoms with van der Waals surface area (Å²) in [6.45, 7) is 0. The predicted octanol–water partition coefficient (Wildman–Crippen LogP) is 1.95. The molecule has 0 saturated heterocycles. The number of nitrogens with zero attached hydrogens (tertiary/aromatic N) is 2. The van der Waals surface area contributed by atoms with Crippen molar-refractivity contribution in [3.63, 3.8) is 0 Å². The Hall–Kier alpha value is -1.98. The van der Waals surface area contributed by atoms with Gasteiger partial charge < -0.3 is 0 Å². The molecule has 8 heteroatoms. The van der Waals surface area contributed by atoms with E-state index in [4.69, 9.17) is 5.26 Å². The molecule has 1 N–H and O–H groups in total. The van der Waals surface area contributed by atoms with E-state index >= 15 is 0 Å². The SMILES string of the molecule is N#Cc1ccc(S(=O)(=O)Nc2ccc(F)cn2)s1. The Kier molecular flexibility index (Phi) is 3.27. The number of pyridine rings is 1. The molecule has 0 unspecified atom stereocenters. The van der Waals surface area contributed by atoms with Crippen LogP contribution in [0.4, 0.5) is 10.2 Å². The van der Waals surface area contributed by atoms with Gasteiger partial charge in [-0.1, -0.05) is 0 Å². The minimum Gasteiger partial charge on any atom is -0.263 e. The molecular weight excluding hydrogens is 277 g/mol. The molecular formula is C10H6FN3O2S2. The van der Waals surface area contributed by atoms with Crippen LogP contribution in [0.5, 0.6) is 0 Å². The second kappa shape index (κ2) is 4.72. The van der Waals surface area contributed by atoms with Crippen LogP contribution in [0.25, 0.3) is 0 Å². The highest BCUT2D eigenvalue weighted by Crippen LogP contribution is 2.22. The minimum atomic E-state index is -3.78. The van der Waals surface area contributed by atoms with Crippen molar-refractivity contribution in [2.24, 2.45) is 0 Å². The lowest BCUT2D eigenvalue weighted by atomic mass is 10.5. The van der Waals surface area contributed by atoms with Gasteiger partial charge in [0.15, 0.2) is 0 Å². The number of thiophene rings is 1. The summed E-state index contributed by atoms with van der Waals surface area (Å²) < 4.78 is 38.6. The Bertz CT molecular complexity index is 701. The summed E-state index contributed by atoms with van der Waals surface area (Å²) in [5.41, 5.74) is 0. The van der Waals surface area contributed by atoms with Crippen molar-refractivity contribution in [2.75, 3.05) is 4.72 Å². The first-order valence-corrected chi connectivity index (χ1v) is 6.95. The molecule has 0 amide bonds. The third kappa shape index (κ3) is 2.64. The number of hydrogen-bond donors (Lipinski definition) is 1. The Balaban J connectivity index is 2.27.